The molecular weight excluding hydrogens is 254 g/mol. The fourth-order valence-corrected chi connectivity index (χ4v) is 1.78. The Balaban J connectivity index is 1.74. The molecule has 1 aromatic heterocycles. The van der Waals surface area contributed by atoms with Gasteiger partial charge < -0.3 is 10.6 Å². The molecule has 2 aromatic rings. The number of aryl methyl sites for hydroxylation is 1. The van der Waals surface area contributed by atoms with Gasteiger partial charge >= 0.3 is 0 Å². The number of nitrogens with zero attached hydrogens (tertiary/aromatic N) is 1. The van der Waals surface area contributed by atoms with Crippen molar-refractivity contribution in [2.45, 2.75) is 20.0 Å². The first-order valence-electron chi connectivity index (χ1n) is 6.20. The van der Waals surface area contributed by atoms with Gasteiger partial charge in [-0.15, -0.1) is 0 Å². The van der Waals surface area contributed by atoms with Crippen LogP contribution in [-0.4, -0.2) is 10.1 Å². The van der Waals surface area contributed by atoms with E-state index in [9.17, 15) is 0 Å². The summed E-state index contributed by atoms with van der Waals surface area (Å²) in [7, 11) is 0. The van der Waals surface area contributed by atoms with Crippen molar-refractivity contribution >= 4 is 17.3 Å². The van der Waals surface area contributed by atoms with Crippen LogP contribution >= 0.6 is 12.2 Å². The Morgan fingerprint density at radius 3 is 2.05 bits per heavy atom. The van der Waals surface area contributed by atoms with Crippen molar-refractivity contribution in [3.8, 4) is 0 Å². The number of thiocarbonyl (C=S) groups is 1. The Hall–Kier alpha value is -1.94. The maximum Gasteiger partial charge on any atom is 0.166 e. The molecule has 2 rings (SSSR count). The average Bonchev–Trinajstić information content (AvgIpc) is 2.45. The third-order valence-corrected chi connectivity index (χ3v) is 3.06. The summed E-state index contributed by atoms with van der Waals surface area (Å²) in [6.07, 6.45) is 3.56. The Bertz CT molecular complexity index is 523. The van der Waals surface area contributed by atoms with Crippen LogP contribution < -0.4 is 10.6 Å². The van der Waals surface area contributed by atoms with Crippen LogP contribution in [-0.2, 0) is 13.1 Å². The summed E-state index contributed by atoms with van der Waals surface area (Å²) < 4.78 is 0. The molecule has 1 heterocycles. The van der Waals surface area contributed by atoms with Crippen molar-refractivity contribution in [2.75, 3.05) is 0 Å². The van der Waals surface area contributed by atoms with Crippen molar-refractivity contribution in [3.05, 3.63) is 65.5 Å². The van der Waals surface area contributed by atoms with Gasteiger partial charge in [-0.2, -0.15) is 0 Å². The number of benzene rings is 1. The molecule has 0 aliphatic rings. The van der Waals surface area contributed by atoms with E-state index in [-0.39, 0.29) is 0 Å². The van der Waals surface area contributed by atoms with Gasteiger partial charge in [0.2, 0.25) is 0 Å². The molecule has 0 atom stereocenters. The number of pyridine rings is 1. The molecule has 1 aromatic carbocycles. The number of rotatable bonds is 4. The van der Waals surface area contributed by atoms with Crippen LogP contribution in [0.5, 0.6) is 0 Å². The summed E-state index contributed by atoms with van der Waals surface area (Å²) in [6, 6.07) is 12.3. The number of aromatic nitrogens is 1. The molecule has 0 fully saturated rings. The molecule has 2 N–H and O–H groups in total. The second kappa shape index (κ2) is 6.85. The summed E-state index contributed by atoms with van der Waals surface area (Å²) in [5, 5.41) is 7.03. The fraction of sp³-hybridized carbons (Fsp3) is 0.200. The Morgan fingerprint density at radius 2 is 1.47 bits per heavy atom. The third-order valence-electron chi connectivity index (χ3n) is 2.78. The summed E-state index contributed by atoms with van der Waals surface area (Å²) in [4.78, 5) is 3.98. The Morgan fingerprint density at radius 1 is 0.947 bits per heavy atom. The molecule has 0 saturated heterocycles. The molecule has 0 radical (unpaired) electrons. The third kappa shape index (κ3) is 4.67. The SMILES string of the molecule is Cc1ccc(CNC(=S)NCc2ccncc2)cc1. The van der Waals surface area contributed by atoms with Crippen molar-refractivity contribution in [1.82, 2.24) is 15.6 Å². The predicted octanol–water partition coefficient (Wildman–Crippen LogP) is 2.55. The standard InChI is InChI=1S/C15H17N3S/c1-12-2-4-13(5-3-12)10-17-15(19)18-11-14-6-8-16-9-7-14/h2-9H,10-11H2,1H3,(H2,17,18,19). The number of hydrogen-bond acceptors (Lipinski definition) is 2. The van der Waals surface area contributed by atoms with Gasteiger partial charge in [0.05, 0.1) is 0 Å². The molecular formula is C15H17N3S. The van der Waals surface area contributed by atoms with Gasteiger partial charge in [-0.1, -0.05) is 29.8 Å². The van der Waals surface area contributed by atoms with Crippen LogP contribution in [0.15, 0.2) is 48.8 Å². The second-order valence-electron chi connectivity index (χ2n) is 4.38. The quantitative estimate of drug-likeness (QED) is 0.838. The van der Waals surface area contributed by atoms with E-state index in [1.807, 2.05) is 12.1 Å². The largest absolute Gasteiger partial charge is 0.359 e. The first-order chi connectivity index (χ1) is 9.24. The zero-order valence-electron chi connectivity index (χ0n) is 10.9. The van der Waals surface area contributed by atoms with Gasteiger partial charge in [-0.3, -0.25) is 4.98 Å². The highest BCUT2D eigenvalue weighted by Gasteiger charge is 1.97. The number of hydrogen-bond donors (Lipinski definition) is 2. The van der Waals surface area contributed by atoms with Gasteiger partial charge in [0.25, 0.3) is 0 Å². The summed E-state index contributed by atoms with van der Waals surface area (Å²) in [5.74, 6) is 0. The van der Waals surface area contributed by atoms with Crippen LogP contribution in [0.2, 0.25) is 0 Å². The van der Waals surface area contributed by atoms with Crippen molar-refractivity contribution < 1.29 is 0 Å². The van der Waals surface area contributed by atoms with E-state index in [1.54, 1.807) is 12.4 Å². The normalized spacial score (nSPS) is 9.95. The van der Waals surface area contributed by atoms with Crippen molar-refractivity contribution in [2.24, 2.45) is 0 Å². The fourth-order valence-electron chi connectivity index (χ4n) is 1.63. The van der Waals surface area contributed by atoms with Crippen LogP contribution in [0.1, 0.15) is 16.7 Å². The molecule has 3 nitrogen and oxygen atoms in total. The Labute approximate surface area is 119 Å². The highest BCUT2D eigenvalue weighted by Crippen LogP contribution is 2.02. The topological polar surface area (TPSA) is 37.0 Å². The zero-order chi connectivity index (χ0) is 13.5. The van der Waals surface area contributed by atoms with Crippen molar-refractivity contribution in [1.29, 1.82) is 0 Å². The molecule has 0 unspecified atom stereocenters. The van der Waals surface area contributed by atoms with E-state index in [0.717, 1.165) is 12.1 Å². The lowest BCUT2D eigenvalue weighted by atomic mass is 10.1. The lowest BCUT2D eigenvalue weighted by Gasteiger charge is -2.10. The predicted molar refractivity (Wildman–Crippen MR) is 81.7 cm³/mol. The summed E-state index contributed by atoms with van der Waals surface area (Å²) >= 11 is 5.24. The minimum absolute atomic E-state index is 0.664. The maximum atomic E-state index is 5.24. The summed E-state index contributed by atoms with van der Waals surface area (Å²) in [5.41, 5.74) is 3.65. The second-order valence-corrected chi connectivity index (χ2v) is 4.79. The first kappa shape index (κ1) is 13.5. The molecule has 0 saturated carbocycles. The smallest absolute Gasteiger partial charge is 0.166 e. The van der Waals surface area contributed by atoms with Gasteiger partial charge in [0.1, 0.15) is 0 Å². The molecule has 4 heteroatoms. The molecule has 98 valence electrons. The highest BCUT2D eigenvalue weighted by atomic mass is 32.1. The lowest BCUT2D eigenvalue weighted by Crippen LogP contribution is -2.34. The van der Waals surface area contributed by atoms with Gasteiger partial charge in [-0.05, 0) is 42.4 Å². The molecule has 0 aliphatic heterocycles. The van der Waals surface area contributed by atoms with E-state index in [0.29, 0.717) is 11.7 Å². The van der Waals surface area contributed by atoms with Crippen LogP contribution in [0.3, 0.4) is 0 Å². The van der Waals surface area contributed by atoms with E-state index in [1.165, 1.54) is 11.1 Å². The van der Waals surface area contributed by atoms with E-state index >= 15 is 0 Å². The lowest BCUT2D eigenvalue weighted by molar-refractivity contribution is 0.831. The van der Waals surface area contributed by atoms with Gasteiger partial charge in [-0.25, -0.2) is 0 Å². The monoisotopic (exact) mass is 271 g/mol. The minimum Gasteiger partial charge on any atom is -0.359 e. The van der Waals surface area contributed by atoms with E-state index < -0.39 is 0 Å². The highest BCUT2D eigenvalue weighted by molar-refractivity contribution is 7.80. The van der Waals surface area contributed by atoms with Crippen LogP contribution in [0, 0.1) is 6.92 Å². The van der Waals surface area contributed by atoms with Crippen LogP contribution in [0.4, 0.5) is 0 Å². The first-order valence-corrected chi connectivity index (χ1v) is 6.61. The van der Waals surface area contributed by atoms with E-state index in [2.05, 4.69) is 46.8 Å². The maximum absolute atomic E-state index is 5.24. The zero-order valence-corrected chi connectivity index (χ0v) is 11.7. The number of nitrogens with one attached hydrogen (secondary N) is 2. The van der Waals surface area contributed by atoms with Crippen molar-refractivity contribution in [3.63, 3.8) is 0 Å². The van der Waals surface area contributed by atoms with Gasteiger partial charge in [0.15, 0.2) is 5.11 Å². The van der Waals surface area contributed by atoms with E-state index in [4.69, 9.17) is 12.2 Å². The molecule has 0 aliphatic carbocycles. The average molecular weight is 271 g/mol. The van der Waals surface area contributed by atoms with Gasteiger partial charge in [0, 0.05) is 25.5 Å². The minimum atomic E-state index is 0.664. The molecule has 19 heavy (non-hydrogen) atoms. The molecule has 0 spiro atoms. The Kier molecular flexibility index (Phi) is 4.86. The molecule has 0 bridgehead atoms. The summed E-state index contributed by atoms with van der Waals surface area (Å²) in [6.45, 7) is 3.53. The molecule has 0 amide bonds. The van der Waals surface area contributed by atoms with Crippen LogP contribution in [0.25, 0.3) is 0 Å².